The summed E-state index contributed by atoms with van der Waals surface area (Å²) in [6, 6.07) is 17.4. The zero-order valence-electron chi connectivity index (χ0n) is 14.7. The maximum absolute atomic E-state index is 13.1. The second-order valence-corrected chi connectivity index (χ2v) is 6.19. The summed E-state index contributed by atoms with van der Waals surface area (Å²) in [5, 5.41) is 3.02. The maximum Gasteiger partial charge on any atom is 0.282 e. The molecule has 7 nitrogen and oxygen atoms in total. The van der Waals surface area contributed by atoms with Crippen molar-refractivity contribution in [2.45, 2.75) is 12.6 Å². The number of carbonyl (C=O) groups excluding carboxylic acids is 1. The molecule has 2 aromatic carbocycles. The van der Waals surface area contributed by atoms with Crippen molar-refractivity contribution in [3.8, 4) is 0 Å². The van der Waals surface area contributed by atoms with Crippen molar-refractivity contribution >= 4 is 29.2 Å². The predicted molar refractivity (Wildman–Crippen MR) is 103 cm³/mol. The zero-order chi connectivity index (χ0) is 18.3. The molecule has 2 heterocycles. The normalized spacial score (nSPS) is 21.2. The van der Waals surface area contributed by atoms with Crippen LogP contribution < -0.4 is 20.9 Å². The molecule has 0 aliphatic carbocycles. The molecule has 3 N–H and O–H groups in total. The van der Waals surface area contributed by atoms with Gasteiger partial charge in [0, 0.05) is 24.8 Å². The fourth-order valence-electron chi connectivity index (χ4n) is 3.45. The van der Waals surface area contributed by atoms with Crippen LogP contribution >= 0.6 is 0 Å². The molecule has 0 fully saturated rings. The number of para-hydroxylation sites is 2. The number of benzene rings is 2. The maximum atomic E-state index is 13.1. The van der Waals surface area contributed by atoms with Gasteiger partial charge >= 0.3 is 0 Å². The second-order valence-electron chi connectivity index (χ2n) is 6.19. The number of guanidine groups is 2. The van der Waals surface area contributed by atoms with Gasteiger partial charge in [0.2, 0.25) is 5.96 Å². The molecule has 2 aromatic rings. The highest BCUT2D eigenvalue weighted by Crippen LogP contribution is 2.44. The van der Waals surface area contributed by atoms with Crippen molar-refractivity contribution in [2.24, 2.45) is 15.7 Å². The Morgan fingerprint density at radius 1 is 1.12 bits per heavy atom. The molecule has 2 aliphatic heterocycles. The van der Waals surface area contributed by atoms with Crippen LogP contribution in [0.2, 0.25) is 0 Å². The van der Waals surface area contributed by atoms with Gasteiger partial charge in [0.05, 0.1) is 5.69 Å². The van der Waals surface area contributed by atoms with Crippen LogP contribution in [-0.4, -0.2) is 31.4 Å². The van der Waals surface area contributed by atoms with E-state index in [1.807, 2.05) is 66.4 Å². The number of hydrogen-bond donors (Lipinski definition) is 2. The van der Waals surface area contributed by atoms with Crippen molar-refractivity contribution in [1.29, 1.82) is 0 Å². The molecule has 0 saturated carbocycles. The van der Waals surface area contributed by atoms with Gasteiger partial charge in [-0.1, -0.05) is 36.4 Å². The van der Waals surface area contributed by atoms with Crippen molar-refractivity contribution in [2.75, 3.05) is 23.4 Å². The summed E-state index contributed by atoms with van der Waals surface area (Å²) >= 11 is 0. The summed E-state index contributed by atoms with van der Waals surface area (Å²) in [5.41, 5.74) is 7.18. The highest BCUT2D eigenvalue weighted by atomic mass is 16.2. The van der Waals surface area contributed by atoms with Gasteiger partial charge in [-0.05, 0) is 25.1 Å². The van der Waals surface area contributed by atoms with Crippen molar-refractivity contribution in [3.05, 3.63) is 60.2 Å². The first kappa shape index (κ1) is 16.1. The van der Waals surface area contributed by atoms with Crippen LogP contribution in [0.15, 0.2) is 64.6 Å². The highest BCUT2D eigenvalue weighted by molar-refractivity contribution is 6.14. The van der Waals surface area contributed by atoms with Gasteiger partial charge in [-0.25, -0.2) is 9.98 Å². The van der Waals surface area contributed by atoms with E-state index in [2.05, 4.69) is 10.3 Å². The molecule has 1 amide bonds. The monoisotopic (exact) mass is 348 g/mol. The smallest absolute Gasteiger partial charge is 0.282 e. The van der Waals surface area contributed by atoms with Crippen LogP contribution in [0.5, 0.6) is 0 Å². The van der Waals surface area contributed by atoms with E-state index >= 15 is 0 Å². The van der Waals surface area contributed by atoms with E-state index in [0.717, 1.165) is 16.9 Å². The number of aliphatic imine (C=N–C) groups is 2. The number of amides is 1. The minimum Gasteiger partial charge on any atom is -0.370 e. The van der Waals surface area contributed by atoms with Crippen molar-refractivity contribution in [1.82, 2.24) is 5.32 Å². The second kappa shape index (κ2) is 5.87. The number of likely N-dealkylation sites (N-methyl/N-ethyl adjacent to an activating group) is 1. The number of nitrogens with two attached hydrogens (primary N) is 1. The minimum absolute atomic E-state index is 0.169. The van der Waals surface area contributed by atoms with Crippen LogP contribution in [0.25, 0.3) is 0 Å². The Labute approximate surface area is 151 Å². The van der Waals surface area contributed by atoms with Crippen LogP contribution in [0.4, 0.5) is 11.4 Å². The summed E-state index contributed by atoms with van der Waals surface area (Å²) in [7, 11) is 1.73. The lowest BCUT2D eigenvalue weighted by Gasteiger charge is -2.32. The predicted octanol–water partition coefficient (Wildman–Crippen LogP) is 1.62. The average molecular weight is 348 g/mol. The van der Waals surface area contributed by atoms with Gasteiger partial charge in [0.1, 0.15) is 0 Å². The fourth-order valence-corrected chi connectivity index (χ4v) is 3.45. The quantitative estimate of drug-likeness (QED) is 0.863. The molecule has 26 heavy (non-hydrogen) atoms. The van der Waals surface area contributed by atoms with Crippen LogP contribution in [0, 0.1) is 0 Å². The van der Waals surface area contributed by atoms with Crippen molar-refractivity contribution in [3.63, 3.8) is 0 Å². The summed E-state index contributed by atoms with van der Waals surface area (Å²) in [6.07, 6.45) is 0. The molecule has 0 saturated heterocycles. The molecule has 0 radical (unpaired) electrons. The number of rotatable bonds is 2. The summed E-state index contributed by atoms with van der Waals surface area (Å²) in [4.78, 5) is 25.8. The van der Waals surface area contributed by atoms with Gasteiger partial charge in [-0.3, -0.25) is 10.1 Å². The third-order valence-electron chi connectivity index (χ3n) is 4.67. The Morgan fingerprint density at radius 2 is 1.81 bits per heavy atom. The van der Waals surface area contributed by atoms with E-state index in [0.29, 0.717) is 12.5 Å². The van der Waals surface area contributed by atoms with Crippen molar-refractivity contribution < 1.29 is 4.79 Å². The Bertz CT molecular complexity index is 923. The first-order valence-electron chi connectivity index (χ1n) is 8.49. The molecule has 4 rings (SSSR count). The largest absolute Gasteiger partial charge is 0.370 e. The molecule has 1 spiro atoms. The van der Waals surface area contributed by atoms with Gasteiger partial charge in [-0.2, -0.15) is 0 Å². The molecule has 7 heteroatoms. The van der Waals surface area contributed by atoms with Crippen LogP contribution in [0.1, 0.15) is 12.5 Å². The zero-order valence-corrected chi connectivity index (χ0v) is 14.7. The molecule has 0 aromatic heterocycles. The number of anilines is 2. The Morgan fingerprint density at radius 3 is 2.54 bits per heavy atom. The lowest BCUT2D eigenvalue weighted by atomic mass is 10.0. The SMILES string of the molecule is CCN(C1=NC2(N=C(N)N1)C(=O)N(C)c1ccccc12)c1ccccc1. The topological polar surface area (TPSA) is 86.3 Å². The fraction of sp³-hybridized carbons (Fsp3) is 0.211. The number of carbonyl (C=O) groups is 1. The standard InChI is InChI=1S/C19H20N6O/c1-3-25(13-9-5-4-6-10-13)18-21-17(20)22-19(23-18)14-11-7-8-12-15(14)24(2)16(19)26/h4-12H,3H2,1-2H3,(H3,20,21,22,23). The Hall–Kier alpha value is -3.35. The van der Waals surface area contributed by atoms with E-state index < -0.39 is 5.66 Å². The first-order chi connectivity index (χ1) is 12.6. The van der Waals surface area contributed by atoms with Gasteiger partial charge in [-0.15, -0.1) is 0 Å². The summed E-state index contributed by atoms with van der Waals surface area (Å²) < 4.78 is 0. The molecule has 132 valence electrons. The molecule has 1 atom stereocenters. The lowest BCUT2D eigenvalue weighted by molar-refractivity contribution is -0.122. The van der Waals surface area contributed by atoms with Gasteiger partial charge in [0.15, 0.2) is 5.96 Å². The molecular weight excluding hydrogens is 328 g/mol. The van der Waals surface area contributed by atoms with Crippen LogP contribution in [-0.2, 0) is 10.5 Å². The Kier molecular flexibility index (Phi) is 3.64. The number of hydrogen-bond acceptors (Lipinski definition) is 6. The van der Waals surface area contributed by atoms with E-state index in [-0.39, 0.29) is 11.9 Å². The molecule has 0 bridgehead atoms. The third-order valence-corrected chi connectivity index (χ3v) is 4.67. The number of fused-ring (bicyclic) bond motifs is 2. The average Bonchev–Trinajstić information content (AvgIpc) is 2.85. The van der Waals surface area contributed by atoms with E-state index in [4.69, 9.17) is 10.7 Å². The lowest BCUT2D eigenvalue weighted by Crippen LogP contribution is -2.54. The molecule has 1 unspecified atom stereocenters. The molecular formula is C19H20N6O. The number of nitrogens with zero attached hydrogens (tertiary/aromatic N) is 4. The minimum atomic E-state index is -1.38. The number of nitrogens with one attached hydrogen (secondary N) is 1. The summed E-state index contributed by atoms with van der Waals surface area (Å²) in [6.45, 7) is 2.67. The third kappa shape index (κ3) is 2.24. The molecule has 2 aliphatic rings. The van der Waals surface area contributed by atoms with E-state index in [1.165, 1.54) is 0 Å². The summed E-state index contributed by atoms with van der Waals surface area (Å²) in [5.74, 6) is 0.456. The highest BCUT2D eigenvalue weighted by Gasteiger charge is 2.52. The van der Waals surface area contributed by atoms with Crippen LogP contribution in [0.3, 0.4) is 0 Å². The van der Waals surface area contributed by atoms with E-state index in [1.54, 1.807) is 11.9 Å². The van der Waals surface area contributed by atoms with Gasteiger partial charge < -0.3 is 15.5 Å². The first-order valence-corrected chi connectivity index (χ1v) is 8.49. The van der Waals surface area contributed by atoms with Gasteiger partial charge in [0.25, 0.3) is 11.6 Å². The Balaban J connectivity index is 1.87. The van der Waals surface area contributed by atoms with E-state index in [9.17, 15) is 4.79 Å².